The minimum Gasteiger partial charge on any atom is -0.408 e. The Bertz CT molecular complexity index is 1020. The third-order valence-electron chi connectivity index (χ3n) is 5.46. The lowest BCUT2D eigenvalue weighted by Crippen LogP contribution is -2.54. The average molecular weight is 432 g/mol. The van der Waals surface area contributed by atoms with Gasteiger partial charge < -0.3 is 9.64 Å². The Morgan fingerprint density at radius 2 is 2.06 bits per heavy atom. The van der Waals surface area contributed by atoms with Crippen LogP contribution in [0.2, 0.25) is 0 Å². The Hall–Kier alpha value is -3.12. The molecule has 0 saturated carbocycles. The monoisotopic (exact) mass is 432 g/mol. The summed E-state index contributed by atoms with van der Waals surface area (Å²) in [6.07, 6.45) is -3.52. The van der Waals surface area contributed by atoms with Crippen molar-refractivity contribution in [1.29, 1.82) is 5.26 Å². The number of piperazine rings is 1. The summed E-state index contributed by atoms with van der Waals surface area (Å²) in [7, 11) is 0. The van der Waals surface area contributed by atoms with Crippen molar-refractivity contribution in [2.45, 2.75) is 39.5 Å². The summed E-state index contributed by atoms with van der Waals surface area (Å²) in [5, 5.41) is 9.00. The number of carbonyl (C=O) groups is 1. The largest absolute Gasteiger partial charge is 0.416 e. The molecule has 1 saturated heterocycles. The van der Waals surface area contributed by atoms with Gasteiger partial charge in [-0.3, -0.25) is 9.88 Å². The van der Waals surface area contributed by atoms with Crippen LogP contribution in [0.25, 0.3) is 0 Å². The fourth-order valence-corrected chi connectivity index (χ4v) is 3.68. The van der Waals surface area contributed by atoms with Gasteiger partial charge in [-0.2, -0.15) is 18.4 Å². The predicted molar refractivity (Wildman–Crippen MR) is 107 cm³/mol. The molecule has 1 aromatic heterocycles. The van der Waals surface area contributed by atoms with E-state index in [2.05, 4.69) is 4.98 Å². The molecule has 0 aliphatic carbocycles. The number of hydrogen-bond acceptors (Lipinski definition) is 5. The zero-order valence-corrected chi connectivity index (χ0v) is 17.5. The van der Waals surface area contributed by atoms with Gasteiger partial charge >= 0.3 is 12.3 Å². The molecule has 1 aliphatic heterocycles. The lowest BCUT2D eigenvalue weighted by molar-refractivity contribution is -0.138. The number of halogens is 3. The molecule has 0 radical (unpaired) electrons. The zero-order chi connectivity index (χ0) is 22.8. The van der Waals surface area contributed by atoms with Crippen LogP contribution in [0.1, 0.15) is 34.9 Å². The van der Waals surface area contributed by atoms with E-state index in [9.17, 15) is 18.0 Å². The van der Waals surface area contributed by atoms with E-state index in [1.165, 1.54) is 25.3 Å². The van der Waals surface area contributed by atoms with E-state index in [1.807, 2.05) is 17.9 Å². The first-order valence-corrected chi connectivity index (χ1v) is 9.83. The standard InChI is InChI=1S/C22H23F3N4O2/c1-14-12-28(13-18-5-4-6-19(15(18)2)22(23,24)25)7-8-29(14)21(30)31-20-9-17(10-26)11-27-16(20)3/h4-6,9,11,14H,7-8,12-13H2,1-3H3/t14-/m1/s1. The van der Waals surface area contributed by atoms with Crippen molar-refractivity contribution in [1.82, 2.24) is 14.8 Å². The number of nitrogens with zero attached hydrogens (tertiary/aromatic N) is 4. The van der Waals surface area contributed by atoms with Crippen LogP contribution in [0.5, 0.6) is 5.75 Å². The summed E-state index contributed by atoms with van der Waals surface area (Å²) in [6, 6.07) is 7.45. The van der Waals surface area contributed by atoms with Gasteiger partial charge in [0, 0.05) is 44.5 Å². The van der Waals surface area contributed by atoms with Crippen LogP contribution >= 0.6 is 0 Å². The smallest absolute Gasteiger partial charge is 0.408 e. The molecule has 0 bridgehead atoms. The predicted octanol–water partition coefficient (Wildman–Crippen LogP) is 4.29. The van der Waals surface area contributed by atoms with E-state index in [0.717, 1.165) is 6.07 Å². The van der Waals surface area contributed by atoms with E-state index in [0.29, 0.717) is 43.0 Å². The molecule has 9 heteroatoms. The fraction of sp³-hybridized carbons (Fsp3) is 0.409. The van der Waals surface area contributed by atoms with Crippen LogP contribution in [0, 0.1) is 25.2 Å². The average Bonchev–Trinajstić information content (AvgIpc) is 2.70. The number of amides is 1. The first-order valence-electron chi connectivity index (χ1n) is 9.83. The number of aromatic nitrogens is 1. The van der Waals surface area contributed by atoms with E-state index >= 15 is 0 Å². The Balaban J connectivity index is 1.65. The summed E-state index contributed by atoms with van der Waals surface area (Å²) in [5.74, 6) is 0.235. The summed E-state index contributed by atoms with van der Waals surface area (Å²) in [6.45, 7) is 6.79. The second-order valence-corrected chi connectivity index (χ2v) is 7.65. The maximum absolute atomic E-state index is 13.2. The SMILES string of the molecule is Cc1ncc(C#N)cc1OC(=O)N1CCN(Cc2cccc(C(F)(F)F)c2C)C[C@H]1C. The molecule has 0 unspecified atom stereocenters. The molecular weight excluding hydrogens is 409 g/mol. The van der Waals surface area contributed by atoms with Gasteiger partial charge in [0.15, 0.2) is 5.75 Å². The van der Waals surface area contributed by atoms with Gasteiger partial charge in [0.1, 0.15) is 6.07 Å². The molecule has 164 valence electrons. The highest BCUT2D eigenvalue weighted by Crippen LogP contribution is 2.33. The molecular formula is C22H23F3N4O2. The van der Waals surface area contributed by atoms with Crippen molar-refractivity contribution in [2.24, 2.45) is 0 Å². The number of nitriles is 1. The van der Waals surface area contributed by atoms with Crippen molar-refractivity contribution in [3.63, 3.8) is 0 Å². The van der Waals surface area contributed by atoms with Crippen molar-refractivity contribution >= 4 is 6.09 Å². The van der Waals surface area contributed by atoms with E-state index in [-0.39, 0.29) is 17.4 Å². The van der Waals surface area contributed by atoms with Gasteiger partial charge in [0.25, 0.3) is 0 Å². The van der Waals surface area contributed by atoms with Crippen LogP contribution in [0.15, 0.2) is 30.5 Å². The molecule has 1 aliphatic rings. The zero-order valence-electron chi connectivity index (χ0n) is 17.5. The number of aryl methyl sites for hydroxylation is 1. The second kappa shape index (κ2) is 8.94. The molecule has 0 spiro atoms. The number of pyridine rings is 1. The minimum atomic E-state index is -4.38. The lowest BCUT2D eigenvalue weighted by Gasteiger charge is -2.39. The van der Waals surface area contributed by atoms with E-state index in [1.54, 1.807) is 17.9 Å². The van der Waals surface area contributed by atoms with Gasteiger partial charge in [-0.25, -0.2) is 4.79 Å². The number of carbonyl (C=O) groups excluding carboxylic acids is 1. The highest BCUT2D eigenvalue weighted by atomic mass is 19.4. The van der Waals surface area contributed by atoms with Crippen LogP contribution in [-0.2, 0) is 12.7 Å². The molecule has 1 amide bonds. The van der Waals surface area contributed by atoms with Gasteiger partial charge in [-0.1, -0.05) is 12.1 Å². The number of alkyl halides is 3. The number of ether oxygens (including phenoxy) is 1. The molecule has 3 rings (SSSR count). The second-order valence-electron chi connectivity index (χ2n) is 7.65. The maximum atomic E-state index is 13.2. The van der Waals surface area contributed by atoms with Gasteiger partial charge in [0.05, 0.1) is 16.8 Å². The first kappa shape index (κ1) is 22.6. The summed E-state index contributed by atoms with van der Waals surface area (Å²) < 4.78 is 45.0. The quantitative estimate of drug-likeness (QED) is 0.724. The lowest BCUT2D eigenvalue weighted by atomic mass is 10.0. The van der Waals surface area contributed by atoms with E-state index < -0.39 is 17.8 Å². The molecule has 6 nitrogen and oxygen atoms in total. The molecule has 1 fully saturated rings. The van der Waals surface area contributed by atoms with Crippen molar-refractivity contribution < 1.29 is 22.7 Å². The maximum Gasteiger partial charge on any atom is 0.416 e. The van der Waals surface area contributed by atoms with Crippen molar-refractivity contribution in [2.75, 3.05) is 19.6 Å². The molecule has 2 aromatic rings. The molecule has 1 aromatic carbocycles. The number of hydrogen-bond donors (Lipinski definition) is 0. The Labute approximate surface area is 178 Å². The van der Waals surface area contributed by atoms with Gasteiger partial charge in [-0.05, 0) is 38.0 Å². The molecule has 1 atom stereocenters. The third-order valence-corrected chi connectivity index (χ3v) is 5.46. The summed E-state index contributed by atoms with van der Waals surface area (Å²) in [5.41, 5.74) is 1.02. The Kier molecular flexibility index (Phi) is 6.51. The number of benzene rings is 1. The normalized spacial score (nSPS) is 17.3. The minimum absolute atomic E-state index is 0.195. The van der Waals surface area contributed by atoms with Crippen molar-refractivity contribution in [3.8, 4) is 11.8 Å². The van der Waals surface area contributed by atoms with Gasteiger partial charge in [0.2, 0.25) is 0 Å². The van der Waals surface area contributed by atoms with Crippen LogP contribution < -0.4 is 4.74 Å². The molecule has 31 heavy (non-hydrogen) atoms. The third kappa shape index (κ3) is 5.14. The molecule has 2 heterocycles. The summed E-state index contributed by atoms with van der Waals surface area (Å²) >= 11 is 0. The Morgan fingerprint density at radius 3 is 2.71 bits per heavy atom. The topological polar surface area (TPSA) is 69.5 Å². The molecule has 0 N–H and O–H groups in total. The Morgan fingerprint density at radius 1 is 1.32 bits per heavy atom. The highest BCUT2D eigenvalue weighted by Gasteiger charge is 2.34. The summed E-state index contributed by atoms with van der Waals surface area (Å²) in [4.78, 5) is 20.3. The van der Waals surface area contributed by atoms with E-state index in [4.69, 9.17) is 10.00 Å². The first-order chi connectivity index (χ1) is 14.6. The highest BCUT2D eigenvalue weighted by molar-refractivity contribution is 5.71. The van der Waals surface area contributed by atoms with Crippen LogP contribution in [0.3, 0.4) is 0 Å². The fourth-order valence-electron chi connectivity index (χ4n) is 3.68. The van der Waals surface area contributed by atoms with Crippen LogP contribution in [-0.4, -0.2) is 46.6 Å². The van der Waals surface area contributed by atoms with Crippen molar-refractivity contribution in [3.05, 3.63) is 58.4 Å². The number of rotatable bonds is 3. The van der Waals surface area contributed by atoms with Gasteiger partial charge in [-0.15, -0.1) is 0 Å². The van der Waals surface area contributed by atoms with Crippen LogP contribution in [0.4, 0.5) is 18.0 Å².